The van der Waals surface area contributed by atoms with E-state index >= 15 is 0 Å². The molecule has 0 aliphatic rings. The molecule has 0 heterocycles. The van der Waals surface area contributed by atoms with Crippen LogP contribution in [0.1, 0.15) is 5.56 Å². The van der Waals surface area contributed by atoms with Gasteiger partial charge in [-0.05, 0) is 25.2 Å². The van der Waals surface area contributed by atoms with Gasteiger partial charge in [0.1, 0.15) is 5.75 Å². The van der Waals surface area contributed by atoms with Gasteiger partial charge in [0.2, 0.25) is 0 Å². The van der Waals surface area contributed by atoms with Crippen molar-refractivity contribution in [2.24, 2.45) is 5.73 Å². The van der Waals surface area contributed by atoms with Crippen molar-refractivity contribution in [2.75, 3.05) is 20.8 Å². The predicted molar refractivity (Wildman–Crippen MR) is 58.5 cm³/mol. The van der Waals surface area contributed by atoms with Crippen LogP contribution in [-0.4, -0.2) is 25.7 Å². The zero-order valence-corrected chi connectivity index (χ0v) is 9.21. The number of hydrogen-bond donors (Lipinski definition) is 1. The van der Waals surface area contributed by atoms with Crippen molar-refractivity contribution in [3.8, 4) is 5.75 Å². The third-order valence-electron chi connectivity index (χ3n) is 1.99. The van der Waals surface area contributed by atoms with Crippen molar-refractivity contribution in [3.05, 3.63) is 28.8 Å². The van der Waals surface area contributed by atoms with E-state index in [1.54, 1.807) is 7.11 Å². The lowest BCUT2D eigenvalue weighted by Gasteiger charge is -2.16. The molecule has 2 N–H and O–H groups in total. The second-order valence-electron chi connectivity index (χ2n) is 3.15. The van der Waals surface area contributed by atoms with Crippen molar-refractivity contribution < 1.29 is 4.74 Å². The summed E-state index contributed by atoms with van der Waals surface area (Å²) in [5.74, 6) is 0.842. The Balaban J connectivity index is 2.87. The van der Waals surface area contributed by atoms with Gasteiger partial charge >= 0.3 is 0 Å². The summed E-state index contributed by atoms with van der Waals surface area (Å²) in [6.07, 6.45) is 0. The summed E-state index contributed by atoms with van der Waals surface area (Å²) in [5.41, 5.74) is 6.55. The Morgan fingerprint density at radius 3 is 2.79 bits per heavy atom. The first-order valence-corrected chi connectivity index (χ1v) is 4.76. The summed E-state index contributed by atoms with van der Waals surface area (Å²) >= 11 is 5.90. The Morgan fingerprint density at radius 1 is 1.50 bits per heavy atom. The highest BCUT2D eigenvalue weighted by molar-refractivity contribution is 6.30. The maximum Gasteiger partial charge on any atom is 0.123 e. The van der Waals surface area contributed by atoms with Gasteiger partial charge in [-0.25, -0.2) is 0 Å². The Kier molecular flexibility index (Phi) is 4.20. The number of hydrogen-bond acceptors (Lipinski definition) is 3. The van der Waals surface area contributed by atoms with Crippen LogP contribution in [0, 0.1) is 0 Å². The fourth-order valence-electron chi connectivity index (χ4n) is 1.23. The number of methoxy groups -OCH3 is 1. The number of rotatable bonds is 4. The van der Waals surface area contributed by atoms with Gasteiger partial charge in [0.25, 0.3) is 0 Å². The van der Waals surface area contributed by atoms with Gasteiger partial charge in [-0.2, -0.15) is 0 Å². The van der Waals surface area contributed by atoms with Crippen LogP contribution in [0.5, 0.6) is 5.75 Å². The summed E-state index contributed by atoms with van der Waals surface area (Å²) in [5, 5.41) is 0.714. The van der Waals surface area contributed by atoms with Crippen LogP contribution in [0.25, 0.3) is 0 Å². The molecular weight excluding hydrogens is 200 g/mol. The van der Waals surface area contributed by atoms with Crippen molar-refractivity contribution in [3.63, 3.8) is 0 Å². The van der Waals surface area contributed by atoms with Crippen molar-refractivity contribution in [2.45, 2.75) is 6.54 Å². The third-order valence-corrected chi connectivity index (χ3v) is 2.23. The standard InChI is InChI=1S/C10H15ClN2O/c1-13(7-12)6-8-5-9(11)3-4-10(8)14-2/h3-5H,6-7,12H2,1-2H3. The lowest BCUT2D eigenvalue weighted by Crippen LogP contribution is -2.25. The SMILES string of the molecule is COc1ccc(Cl)cc1CN(C)CN. The number of halogens is 1. The molecule has 0 atom stereocenters. The van der Waals surface area contributed by atoms with Crippen LogP contribution in [0.4, 0.5) is 0 Å². The highest BCUT2D eigenvalue weighted by Crippen LogP contribution is 2.23. The van der Waals surface area contributed by atoms with E-state index in [1.165, 1.54) is 0 Å². The second-order valence-corrected chi connectivity index (χ2v) is 3.59. The lowest BCUT2D eigenvalue weighted by atomic mass is 10.2. The molecular formula is C10H15ClN2O. The van der Waals surface area contributed by atoms with Crippen molar-refractivity contribution in [1.82, 2.24) is 4.90 Å². The number of nitrogens with zero attached hydrogens (tertiary/aromatic N) is 1. The minimum absolute atomic E-state index is 0.510. The number of nitrogens with two attached hydrogens (primary N) is 1. The largest absolute Gasteiger partial charge is 0.496 e. The zero-order valence-electron chi connectivity index (χ0n) is 8.46. The topological polar surface area (TPSA) is 38.5 Å². The molecule has 0 spiro atoms. The van der Waals surface area contributed by atoms with E-state index in [9.17, 15) is 0 Å². The molecule has 0 fully saturated rings. The summed E-state index contributed by atoms with van der Waals surface area (Å²) in [4.78, 5) is 1.98. The minimum Gasteiger partial charge on any atom is -0.496 e. The molecule has 0 saturated carbocycles. The summed E-state index contributed by atoms with van der Waals surface area (Å²) < 4.78 is 5.22. The lowest BCUT2D eigenvalue weighted by molar-refractivity contribution is 0.326. The van der Waals surface area contributed by atoms with Crippen LogP contribution in [0.3, 0.4) is 0 Å². The molecule has 1 aromatic carbocycles. The highest BCUT2D eigenvalue weighted by atomic mass is 35.5. The first kappa shape index (κ1) is 11.3. The number of ether oxygens (including phenoxy) is 1. The first-order chi connectivity index (χ1) is 6.67. The van der Waals surface area contributed by atoms with E-state index in [1.807, 2.05) is 30.1 Å². The second kappa shape index (κ2) is 5.20. The van der Waals surface area contributed by atoms with Crippen LogP contribution < -0.4 is 10.5 Å². The molecule has 0 aromatic heterocycles. The Morgan fingerprint density at radius 2 is 2.21 bits per heavy atom. The maximum atomic E-state index is 5.90. The fraction of sp³-hybridized carbons (Fsp3) is 0.400. The molecule has 0 amide bonds. The van der Waals surface area contributed by atoms with Crippen LogP contribution in [0.15, 0.2) is 18.2 Å². The normalized spacial score (nSPS) is 10.6. The smallest absolute Gasteiger partial charge is 0.123 e. The van der Waals surface area contributed by atoms with Gasteiger partial charge < -0.3 is 10.5 Å². The Hall–Kier alpha value is -0.770. The monoisotopic (exact) mass is 214 g/mol. The van der Waals surface area contributed by atoms with Crippen molar-refractivity contribution in [1.29, 1.82) is 0 Å². The average molecular weight is 215 g/mol. The molecule has 1 rings (SSSR count). The molecule has 0 unspecified atom stereocenters. The van der Waals surface area contributed by atoms with E-state index in [0.717, 1.165) is 17.9 Å². The third kappa shape index (κ3) is 2.87. The van der Waals surface area contributed by atoms with Crippen molar-refractivity contribution >= 4 is 11.6 Å². The fourth-order valence-corrected chi connectivity index (χ4v) is 1.42. The summed E-state index contributed by atoms with van der Waals surface area (Å²) in [6.45, 7) is 1.25. The number of benzene rings is 1. The van der Waals surface area contributed by atoms with Gasteiger partial charge in [-0.15, -0.1) is 0 Å². The van der Waals surface area contributed by atoms with Gasteiger partial charge in [0.15, 0.2) is 0 Å². The molecule has 1 aromatic rings. The molecule has 0 radical (unpaired) electrons. The predicted octanol–water partition coefficient (Wildman–Crippen LogP) is 1.70. The molecule has 0 bridgehead atoms. The van der Waals surface area contributed by atoms with Crippen LogP contribution in [-0.2, 0) is 6.54 Å². The van der Waals surface area contributed by atoms with E-state index < -0.39 is 0 Å². The van der Waals surface area contributed by atoms with Gasteiger partial charge in [0.05, 0.1) is 7.11 Å². The summed E-state index contributed by atoms with van der Waals surface area (Å²) in [6, 6.07) is 5.57. The minimum atomic E-state index is 0.510. The van der Waals surface area contributed by atoms with Gasteiger partial charge in [-0.3, -0.25) is 4.90 Å². The Labute approximate surface area is 89.4 Å². The maximum absolute atomic E-state index is 5.90. The molecule has 0 saturated heterocycles. The van der Waals surface area contributed by atoms with Gasteiger partial charge in [-0.1, -0.05) is 11.6 Å². The molecule has 14 heavy (non-hydrogen) atoms. The average Bonchev–Trinajstić information content (AvgIpc) is 2.18. The Bertz CT molecular complexity index is 304. The molecule has 78 valence electrons. The molecule has 0 aliphatic carbocycles. The van der Waals surface area contributed by atoms with Crippen LogP contribution in [0.2, 0.25) is 5.02 Å². The first-order valence-electron chi connectivity index (χ1n) is 4.38. The zero-order chi connectivity index (χ0) is 10.6. The van der Waals surface area contributed by atoms with Gasteiger partial charge in [0, 0.05) is 23.8 Å². The van der Waals surface area contributed by atoms with E-state index in [4.69, 9.17) is 22.1 Å². The van der Waals surface area contributed by atoms with E-state index in [-0.39, 0.29) is 0 Å². The summed E-state index contributed by atoms with van der Waals surface area (Å²) in [7, 11) is 3.59. The highest BCUT2D eigenvalue weighted by Gasteiger charge is 2.05. The molecule has 4 heteroatoms. The quantitative estimate of drug-likeness (QED) is 0.776. The molecule has 3 nitrogen and oxygen atoms in total. The van der Waals surface area contributed by atoms with E-state index in [0.29, 0.717) is 11.7 Å². The molecule has 0 aliphatic heterocycles. The van der Waals surface area contributed by atoms with Crippen LogP contribution >= 0.6 is 11.6 Å². The van der Waals surface area contributed by atoms with E-state index in [2.05, 4.69) is 0 Å².